The lowest BCUT2D eigenvalue weighted by Crippen LogP contribution is -2.34. The molecular formula is C19H21BrN2O4S. The van der Waals surface area contributed by atoms with Crippen molar-refractivity contribution in [1.82, 2.24) is 5.32 Å². The molecule has 2 N–H and O–H groups in total. The molecule has 0 aromatic heterocycles. The highest BCUT2D eigenvalue weighted by molar-refractivity contribution is 9.10. The highest BCUT2D eigenvalue weighted by atomic mass is 79.9. The molecule has 0 saturated heterocycles. The molecule has 2 aromatic carbocycles. The van der Waals surface area contributed by atoms with Crippen LogP contribution in [0.2, 0.25) is 0 Å². The zero-order chi connectivity index (χ0) is 19.8. The molecule has 0 aliphatic rings. The van der Waals surface area contributed by atoms with Gasteiger partial charge in [-0.3, -0.25) is 10.1 Å². The van der Waals surface area contributed by atoms with E-state index in [0.29, 0.717) is 35.1 Å². The number of carbonyl (C=O) groups is 1. The van der Waals surface area contributed by atoms with E-state index in [1.165, 1.54) is 0 Å². The number of rotatable bonds is 7. The van der Waals surface area contributed by atoms with E-state index in [-0.39, 0.29) is 11.0 Å². The van der Waals surface area contributed by atoms with Gasteiger partial charge in [0.15, 0.2) is 16.6 Å². The summed E-state index contributed by atoms with van der Waals surface area (Å²) in [5.41, 5.74) is 1.06. The Hall–Kier alpha value is -2.32. The average Bonchev–Trinajstić information content (AvgIpc) is 2.66. The quantitative estimate of drug-likeness (QED) is 0.607. The van der Waals surface area contributed by atoms with Gasteiger partial charge in [0.1, 0.15) is 5.75 Å². The fraction of sp³-hybridized carbons (Fsp3) is 0.263. The number of amides is 1. The number of benzene rings is 2. The molecule has 27 heavy (non-hydrogen) atoms. The summed E-state index contributed by atoms with van der Waals surface area (Å²) in [6, 6.07) is 10.5. The van der Waals surface area contributed by atoms with Crippen molar-refractivity contribution in [1.29, 1.82) is 0 Å². The van der Waals surface area contributed by atoms with Crippen LogP contribution >= 0.6 is 28.1 Å². The molecule has 0 saturated carbocycles. The van der Waals surface area contributed by atoms with Crippen LogP contribution in [-0.4, -0.2) is 31.8 Å². The Morgan fingerprint density at radius 1 is 1.07 bits per heavy atom. The predicted molar refractivity (Wildman–Crippen MR) is 113 cm³/mol. The molecule has 0 fully saturated rings. The van der Waals surface area contributed by atoms with Gasteiger partial charge in [-0.05, 0) is 49.0 Å². The first-order valence-corrected chi connectivity index (χ1v) is 9.45. The molecule has 0 radical (unpaired) electrons. The predicted octanol–water partition coefficient (Wildman–Crippen LogP) is 4.38. The van der Waals surface area contributed by atoms with Gasteiger partial charge in [-0.25, -0.2) is 0 Å². The Balaban J connectivity index is 2.10. The number of methoxy groups -OCH3 is 2. The van der Waals surface area contributed by atoms with Crippen LogP contribution in [0.1, 0.15) is 23.7 Å². The summed E-state index contributed by atoms with van der Waals surface area (Å²) in [6.45, 7) is 2.52. The number of halogens is 1. The third-order valence-electron chi connectivity index (χ3n) is 3.52. The molecule has 0 aliphatic heterocycles. The normalized spacial score (nSPS) is 10.1. The van der Waals surface area contributed by atoms with Gasteiger partial charge in [-0.1, -0.05) is 22.9 Å². The van der Waals surface area contributed by atoms with E-state index in [4.69, 9.17) is 26.4 Å². The van der Waals surface area contributed by atoms with E-state index in [1.807, 2.05) is 13.0 Å². The topological polar surface area (TPSA) is 68.8 Å². The monoisotopic (exact) mass is 452 g/mol. The number of nitrogens with one attached hydrogen (secondary N) is 2. The lowest BCUT2D eigenvalue weighted by Gasteiger charge is -2.14. The minimum atomic E-state index is -0.361. The summed E-state index contributed by atoms with van der Waals surface area (Å²) in [5, 5.41) is 5.78. The summed E-state index contributed by atoms with van der Waals surface area (Å²) in [4.78, 5) is 12.6. The van der Waals surface area contributed by atoms with E-state index in [1.54, 1.807) is 44.6 Å². The van der Waals surface area contributed by atoms with Crippen LogP contribution in [0.4, 0.5) is 5.69 Å². The lowest BCUT2D eigenvalue weighted by atomic mass is 10.2. The van der Waals surface area contributed by atoms with Crippen molar-refractivity contribution in [3.05, 3.63) is 46.4 Å². The third kappa shape index (κ3) is 5.83. The zero-order valence-electron chi connectivity index (χ0n) is 15.3. The standard InChI is InChI=1S/C19H21BrN2O4S/c1-4-9-26-15-7-5-12(20)10-14(15)18(23)22-19(27)21-13-6-8-16(24-2)17(11-13)25-3/h5-8,10-11H,4,9H2,1-3H3,(H2,21,22,23,27). The maximum atomic E-state index is 12.6. The number of ether oxygens (including phenoxy) is 3. The fourth-order valence-corrected chi connectivity index (χ4v) is 2.84. The largest absolute Gasteiger partial charge is 0.493 e. The van der Waals surface area contributed by atoms with E-state index in [0.717, 1.165) is 10.9 Å². The Labute approximate surface area is 172 Å². The van der Waals surface area contributed by atoms with Crippen molar-refractivity contribution in [3.63, 3.8) is 0 Å². The lowest BCUT2D eigenvalue weighted by molar-refractivity contribution is 0.0973. The Morgan fingerprint density at radius 2 is 1.78 bits per heavy atom. The van der Waals surface area contributed by atoms with Crippen molar-refractivity contribution < 1.29 is 19.0 Å². The minimum absolute atomic E-state index is 0.161. The van der Waals surface area contributed by atoms with Crippen LogP contribution < -0.4 is 24.8 Å². The van der Waals surface area contributed by atoms with E-state index < -0.39 is 0 Å². The van der Waals surface area contributed by atoms with Crippen LogP contribution in [-0.2, 0) is 0 Å². The van der Waals surface area contributed by atoms with Gasteiger partial charge < -0.3 is 19.5 Å². The van der Waals surface area contributed by atoms with Gasteiger partial charge in [-0.15, -0.1) is 0 Å². The molecule has 1 amide bonds. The Kier molecular flexibility index (Phi) is 7.87. The molecule has 2 aromatic rings. The summed E-state index contributed by atoms with van der Waals surface area (Å²) in [6.07, 6.45) is 0.844. The van der Waals surface area contributed by atoms with Crippen molar-refractivity contribution in [2.45, 2.75) is 13.3 Å². The molecule has 0 aliphatic carbocycles. The minimum Gasteiger partial charge on any atom is -0.493 e. The maximum absolute atomic E-state index is 12.6. The summed E-state index contributed by atoms with van der Waals surface area (Å²) in [5.74, 6) is 1.30. The fourth-order valence-electron chi connectivity index (χ4n) is 2.26. The molecule has 8 heteroatoms. The Morgan fingerprint density at radius 3 is 2.44 bits per heavy atom. The highest BCUT2D eigenvalue weighted by Crippen LogP contribution is 2.29. The van der Waals surface area contributed by atoms with Crippen molar-refractivity contribution >= 4 is 44.9 Å². The Bertz CT molecular complexity index is 829. The number of thiocarbonyl (C=S) groups is 1. The van der Waals surface area contributed by atoms with Crippen molar-refractivity contribution in [2.24, 2.45) is 0 Å². The summed E-state index contributed by atoms with van der Waals surface area (Å²) >= 11 is 8.62. The maximum Gasteiger partial charge on any atom is 0.261 e. The molecule has 0 bridgehead atoms. The number of hydrogen-bond donors (Lipinski definition) is 2. The zero-order valence-corrected chi connectivity index (χ0v) is 17.7. The summed E-state index contributed by atoms with van der Waals surface area (Å²) in [7, 11) is 3.11. The van der Waals surface area contributed by atoms with Gasteiger partial charge >= 0.3 is 0 Å². The molecule has 0 unspecified atom stereocenters. The van der Waals surface area contributed by atoms with Crippen molar-refractivity contribution in [3.8, 4) is 17.2 Å². The van der Waals surface area contributed by atoms with Gasteiger partial charge in [0, 0.05) is 16.2 Å². The second-order valence-corrected chi connectivity index (χ2v) is 6.79. The number of anilines is 1. The van der Waals surface area contributed by atoms with Crippen LogP contribution in [0.25, 0.3) is 0 Å². The molecule has 2 rings (SSSR count). The molecule has 0 atom stereocenters. The van der Waals surface area contributed by atoms with Gasteiger partial charge in [0.2, 0.25) is 0 Å². The molecule has 0 heterocycles. The van der Waals surface area contributed by atoms with E-state index >= 15 is 0 Å². The van der Waals surface area contributed by atoms with E-state index in [2.05, 4.69) is 26.6 Å². The molecule has 144 valence electrons. The number of carbonyl (C=O) groups excluding carboxylic acids is 1. The second kappa shape index (κ2) is 10.1. The van der Waals surface area contributed by atoms with Gasteiger partial charge in [0.25, 0.3) is 5.91 Å². The number of hydrogen-bond acceptors (Lipinski definition) is 5. The average molecular weight is 453 g/mol. The van der Waals surface area contributed by atoms with E-state index in [9.17, 15) is 4.79 Å². The highest BCUT2D eigenvalue weighted by Gasteiger charge is 2.15. The van der Waals surface area contributed by atoms with Crippen LogP contribution in [0.5, 0.6) is 17.2 Å². The third-order valence-corrected chi connectivity index (χ3v) is 4.21. The molecule has 0 spiro atoms. The smallest absolute Gasteiger partial charge is 0.261 e. The first-order chi connectivity index (χ1) is 13.0. The first kappa shape index (κ1) is 21.0. The molecular weight excluding hydrogens is 432 g/mol. The second-order valence-electron chi connectivity index (χ2n) is 5.47. The van der Waals surface area contributed by atoms with Crippen LogP contribution in [0.15, 0.2) is 40.9 Å². The van der Waals surface area contributed by atoms with Crippen LogP contribution in [0, 0.1) is 0 Å². The van der Waals surface area contributed by atoms with Crippen LogP contribution in [0.3, 0.4) is 0 Å². The van der Waals surface area contributed by atoms with Crippen molar-refractivity contribution in [2.75, 3.05) is 26.1 Å². The first-order valence-electron chi connectivity index (χ1n) is 8.25. The molecule has 6 nitrogen and oxygen atoms in total. The SMILES string of the molecule is CCCOc1ccc(Br)cc1C(=O)NC(=S)Nc1ccc(OC)c(OC)c1. The summed E-state index contributed by atoms with van der Waals surface area (Å²) < 4.78 is 16.9. The van der Waals surface area contributed by atoms with Gasteiger partial charge in [0.05, 0.1) is 26.4 Å². The van der Waals surface area contributed by atoms with Gasteiger partial charge in [-0.2, -0.15) is 0 Å².